The van der Waals surface area contributed by atoms with Crippen molar-refractivity contribution in [2.75, 3.05) is 13.7 Å². The van der Waals surface area contributed by atoms with Gasteiger partial charge in [0.1, 0.15) is 17.6 Å². The Morgan fingerprint density at radius 2 is 2.03 bits per heavy atom. The van der Waals surface area contributed by atoms with Gasteiger partial charge in [0.05, 0.1) is 19.1 Å². The summed E-state index contributed by atoms with van der Waals surface area (Å²) in [6, 6.07) is 14.7. The Labute approximate surface area is 190 Å². The van der Waals surface area contributed by atoms with Crippen LogP contribution in [0.4, 0.5) is 0 Å². The first-order valence-corrected chi connectivity index (χ1v) is 11.3. The van der Waals surface area contributed by atoms with E-state index in [9.17, 15) is 9.59 Å². The molecule has 1 amide bonds. The Balaban J connectivity index is 1.38. The van der Waals surface area contributed by atoms with E-state index < -0.39 is 0 Å². The third-order valence-corrected chi connectivity index (χ3v) is 6.14. The predicted octanol–water partition coefficient (Wildman–Crippen LogP) is 4.59. The summed E-state index contributed by atoms with van der Waals surface area (Å²) in [4.78, 5) is 26.2. The van der Waals surface area contributed by atoms with E-state index in [-0.39, 0.29) is 30.9 Å². The van der Waals surface area contributed by atoms with Crippen LogP contribution in [0.25, 0.3) is 0 Å². The zero-order chi connectivity index (χ0) is 22.3. The fourth-order valence-electron chi connectivity index (χ4n) is 3.54. The number of furan rings is 1. The zero-order valence-electron chi connectivity index (χ0n) is 17.7. The lowest BCUT2D eigenvalue weighted by molar-refractivity contribution is -0.153. The standard InChI is InChI=1S/C24H24N2O5S/c1-29-18-11-9-17(10-12-18)20-15-21(22-7-3-13-30-22)26(25-20)23(27)16-31-24(28)8-2-5-19-6-4-14-32-19/h3-4,6-7,9-14,21H,2,5,8,15-16H2,1H3. The third kappa shape index (κ3) is 5.26. The molecule has 7 nitrogen and oxygen atoms in total. The number of rotatable bonds is 9. The maximum atomic E-state index is 12.9. The number of nitrogens with zero attached hydrogens (tertiary/aromatic N) is 2. The van der Waals surface area contributed by atoms with Gasteiger partial charge >= 0.3 is 5.97 Å². The summed E-state index contributed by atoms with van der Waals surface area (Å²) >= 11 is 1.67. The molecule has 0 saturated heterocycles. The van der Waals surface area contributed by atoms with Gasteiger partial charge in [0.2, 0.25) is 0 Å². The molecular weight excluding hydrogens is 428 g/mol. The van der Waals surface area contributed by atoms with Crippen molar-refractivity contribution in [2.45, 2.75) is 31.7 Å². The fraction of sp³-hybridized carbons (Fsp3) is 0.292. The number of esters is 1. The molecule has 32 heavy (non-hydrogen) atoms. The topological polar surface area (TPSA) is 81.3 Å². The van der Waals surface area contributed by atoms with Gasteiger partial charge in [-0.2, -0.15) is 5.10 Å². The van der Waals surface area contributed by atoms with Crippen molar-refractivity contribution >= 4 is 28.9 Å². The third-order valence-electron chi connectivity index (χ3n) is 5.20. The SMILES string of the molecule is COc1ccc(C2=NN(C(=O)COC(=O)CCCc3cccs3)C(c3ccco3)C2)cc1. The summed E-state index contributed by atoms with van der Waals surface area (Å²) in [5.41, 5.74) is 1.65. The van der Waals surface area contributed by atoms with Gasteiger partial charge in [0.25, 0.3) is 5.91 Å². The van der Waals surface area contributed by atoms with Gasteiger partial charge in [0, 0.05) is 17.7 Å². The van der Waals surface area contributed by atoms with Crippen molar-refractivity contribution in [3.63, 3.8) is 0 Å². The average Bonchev–Trinajstić information content (AvgIpc) is 3.59. The summed E-state index contributed by atoms with van der Waals surface area (Å²) in [7, 11) is 1.61. The van der Waals surface area contributed by atoms with E-state index in [4.69, 9.17) is 13.9 Å². The average molecular weight is 453 g/mol. The van der Waals surface area contributed by atoms with E-state index in [0.717, 1.165) is 23.4 Å². The number of hydrazone groups is 1. The number of methoxy groups -OCH3 is 1. The van der Waals surface area contributed by atoms with Gasteiger partial charge in [-0.1, -0.05) is 6.07 Å². The summed E-state index contributed by atoms with van der Waals surface area (Å²) in [6.45, 7) is -0.353. The molecule has 1 aliphatic heterocycles. The number of carbonyl (C=O) groups excluding carboxylic acids is 2. The lowest BCUT2D eigenvalue weighted by Gasteiger charge is -2.19. The highest BCUT2D eigenvalue weighted by Gasteiger charge is 2.35. The van der Waals surface area contributed by atoms with Gasteiger partial charge in [-0.05, 0) is 66.2 Å². The molecule has 4 rings (SSSR count). The van der Waals surface area contributed by atoms with E-state index in [1.54, 1.807) is 30.8 Å². The molecule has 1 aliphatic rings. The number of thiophene rings is 1. The Morgan fingerprint density at radius 3 is 2.72 bits per heavy atom. The van der Waals surface area contributed by atoms with Crippen molar-refractivity contribution in [2.24, 2.45) is 5.10 Å². The monoisotopic (exact) mass is 452 g/mol. The van der Waals surface area contributed by atoms with Crippen molar-refractivity contribution in [3.05, 3.63) is 76.4 Å². The Kier molecular flexibility index (Phi) is 7.01. The highest BCUT2D eigenvalue weighted by Crippen LogP contribution is 2.33. The molecule has 1 unspecified atom stereocenters. The number of ether oxygens (including phenoxy) is 2. The quantitative estimate of drug-likeness (QED) is 0.444. The molecule has 166 valence electrons. The van der Waals surface area contributed by atoms with Crippen LogP contribution in [0.1, 0.15) is 41.5 Å². The first-order valence-electron chi connectivity index (χ1n) is 10.4. The molecule has 3 heterocycles. The molecule has 0 radical (unpaired) electrons. The second-order valence-electron chi connectivity index (χ2n) is 7.34. The molecule has 3 aromatic rings. The number of aryl methyl sites for hydroxylation is 1. The van der Waals surface area contributed by atoms with Crippen LogP contribution in [0.3, 0.4) is 0 Å². The highest BCUT2D eigenvalue weighted by atomic mass is 32.1. The second-order valence-corrected chi connectivity index (χ2v) is 8.37. The predicted molar refractivity (Wildman–Crippen MR) is 121 cm³/mol. The minimum absolute atomic E-state index is 0.271. The highest BCUT2D eigenvalue weighted by molar-refractivity contribution is 7.09. The number of hydrogen-bond donors (Lipinski definition) is 0. The first kappa shape index (κ1) is 21.8. The van der Waals surface area contributed by atoms with Crippen LogP contribution in [0.2, 0.25) is 0 Å². The van der Waals surface area contributed by atoms with Gasteiger partial charge in [-0.15, -0.1) is 11.3 Å². The number of amides is 1. The smallest absolute Gasteiger partial charge is 0.306 e. The van der Waals surface area contributed by atoms with Crippen LogP contribution in [0.15, 0.2) is 69.7 Å². The Hall–Kier alpha value is -3.39. The number of carbonyl (C=O) groups is 2. The normalized spacial score (nSPS) is 15.5. The molecule has 0 N–H and O–H groups in total. The van der Waals surface area contributed by atoms with Crippen LogP contribution in [0, 0.1) is 0 Å². The molecule has 8 heteroatoms. The molecule has 0 bridgehead atoms. The summed E-state index contributed by atoms with van der Waals surface area (Å²) < 4.78 is 16.0. The molecular formula is C24H24N2O5S. The van der Waals surface area contributed by atoms with Crippen molar-refractivity contribution in [1.82, 2.24) is 5.01 Å². The first-order chi connectivity index (χ1) is 15.6. The van der Waals surface area contributed by atoms with E-state index in [1.807, 2.05) is 47.8 Å². The fourth-order valence-corrected chi connectivity index (χ4v) is 4.29. The molecule has 1 aromatic carbocycles. The van der Waals surface area contributed by atoms with Crippen LogP contribution >= 0.6 is 11.3 Å². The Morgan fingerprint density at radius 1 is 1.19 bits per heavy atom. The number of benzene rings is 1. The molecule has 0 aliphatic carbocycles. The van der Waals surface area contributed by atoms with E-state index in [1.165, 1.54) is 9.89 Å². The largest absolute Gasteiger partial charge is 0.497 e. The van der Waals surface area contributed by atoms with E-state index >= 15 is 0 Å². The molecule has 2 aromatic heterocycles. The van der Waals surface area contributed by atoms with Gasteiger partial charge in [0.15, 0.2) is 6.61 Å². The van der Waals surface area contributed by atoms with Crippen LogP contribution < -0.4 is 4.74 Å². The summed E-state index contributed by atoms with van der Waals surface area (Å²) in [6.07, 6.45) is 3.85. The lowest BCUT2D eigenvalue weighted by Crippen LogP contribution is -2.31. The summed E-state index contributed by atoms with van der Waals surface area (Å²) in [5, 5.41) is 7.91. The van der Waals surface area contributed by atoms with Crippen LogP contribution in [-0.4, -0.2) is 36.3 Å². The zero-order valence-corrected chi connectivity index (χ0v) is 18.5. The maximum absolute atomic E-state index is 12.9. The van der Waals surface area contributed by atoms with Crippen molar-refractivity contribution < 1.29 is 23.5 Å². The molecule has 0 spiro atoms. The Bertz CT molecular complexity index is 1060. The molecule has 0 saturated carbocycles. The van der Waals surface area contributed by atoms with Crippen molar-refractivity contribution in [3.8, 4) is 5.75 Å². The molecule has 1 atom stereocenters. The minimum Gasteiger partial charge on any atom is -0.497 e. The maximum Gasteiger partial charge on any atom is 0.306 e. The molecule has 0 fully saturated rings. The minimum atomic E-state index is -0.387. The van der Waals surface area contributed by atoms with E-state index in [2.05, 4.69) is 5.10 Å². The number of hydrogen-bond acceptors (Lipinski definition) is 7. The van der Waals surface area contributed by atoms with Gasteiger partial charge in [-0.3, -0.25) is 9.59 Å². The van der Waals surface area contributed by atoms with Crippen molar-refractivity contribution in [1.29, 1.82) is 0 Å². The van der Waals surface area contributed by atoms with E-state index in [0.29, 0.717) is 18.6 Å². The van der Waals surface area contributed by atoms with Crippen LogP contribution in [0.5, 0.6) is 5.75 Å². The van der Waals surface area contributed by atoms with Gasteiger partial charge in [-0.25, -0.2) is 5.01 Å². The van der Waals surface area contributed by atoms with Crippen LogP contribution in [-0.2, 0) is 20.7 Å². The lowest BCUT2D eigenvalue weighted by atomic mass is 10.0. The summed E-state index contributed by atoms with van der Waals surface area (Å²) in [5.74, 6) is 0.603. The second kappa shape index (κ2) is 10.3. The van der Waals surface area contributed by atoms with Gasteiger partial charge < -0.3 is 13.9 Å².